The smallest absolute Gasteiger partial charge is 0.228 e. The lowest BCUT2D eigenvalue weighted by Crippen LogP contribution is -2.45. The molecule has 0 saturated carbocycles. The maximum absolute atomic E-state index is 12.8. The minimum atomic E-state index is -0.327. The second kappa shape index (κ2) is 8.00. The highest BCUT2D eigenvalue weighted by Gasteiger charge is 2.38. The van der Waals surface area contributed by atoms with Gasteiger partial charge in [-0.1, -0.05) is 18.2 Å². The Morgan fingerprint density at radius 3 is 2.50 bits per heavy atom. The SMILES string of the molecule is N#CCNC(=O)C1CCN(C(=O)C2CC(=O)N(c3ccccc3)C2)CC1. The first kappa shape index (κ1) is 17.9. The van der Waals surface area contributed by atoms with Crippen LogP contribution in [0.15, 0.2) is 30.3 Å². The van der Waals surface area contributed by atoms with E-state index < -0.39 is 0 Å². The molecule has 1 N–H and O–H groups in total. The molecule has 2 saturated heterocycles. The Labute approximate surface area is 152 Å². The van der Waals surface area contributed by atoms with E-state index in [2.05, 4.69) is 5.32 Å². The van der Waals surface area contributed by atoms with Crippen molar-refractivity contribution in [3.8, 4) is 6.07 Å². The Morgan fingerprint density at radius 1 is 1.15 bits per heavy atom. The van der Waals surface area contributed by atoms with Gasteiger partial charge >= 0.3 is 0 Å². The topological polar surface area (TPSA) is 93.5 Å². The van der Waals surface area contributed by atoms with Crippen LogP contribution in [0.5, 0.6) is 0 Å². The Hall–Kier alpha value is -2.88. The maximum Gasteiger partial charge on any atom is 0.228 e. The van der Waals surface area contributed by atoms with E-state index in [1.807, 2.05) is 36.4 Å². The molecule has 1 aromatic carbocycles. The monoisotopic (exact) mass is 354 g/mol. The number of nitriles is 1. The molecular weight excluding hydrogens is 332 g/mol. The van der Waals surface area contributed by atoms with Gasteiger partial charge in [-0.15, -0.1) is 0 Å². The van der Waals surface area contributed by atoms with Crippen LogP contribution in [0.3, 0.4) is 0 Å². The van der Waals surface area contributed by atoms with Crippen LogP contribution in [0.4, 0.5) is 5.69 Å². The average molecular weight is 354 g/mol. The zero-order valence-electron chi connectivity index (χ0n) is 14.6. The predicted molar refractivity (Wildman–Crippen MR) is 94.8 cm³/mol. The fourth-order valence-electron chi connectivity index (χ4n) is 3.62. The normalized spacial score (nSPS) is 20.7. The van der Waals surface area contributed by atoms with Gasteiger partial charge in [-0.2, -0.15) is 5.26 Å². The number of hydrogen-bond donors (Lipinski definition) is 1. The Morgan fingerprint density at radius 2 is 1.85 bits per heavy atom. The third kappa shape index (κ3) is 3.85. The van der Waals surface area contributed by atoms with Gasteiger partial charge in [-0.05, 0) is 25.0 Å². The van der Waals surface area contributed by atoms with Crippen molar-refractivity contribution in [2.24, 2.45) is 11.8 Å². The van der Waals surface area contributed by atoms with Gasteiger partial charge < -0.3 is 15.1 Å². The third-order valence-electron chi connectivity index (χ3n) is 5.06. The van der Waals surface area contributed by atoms with Gasteiger partial charge in [0.2, 0.25) is 17.7 Å². The van der Waals surface area contributed by atoms with Crippen molar-refractivity contribution in [3.63, 3.8) is 0 Å². The van der Waals surface area contributed by atoms with Gasteiger partial charge in [0.05, 0.1) is 12.0 Å². The molecule has 2 aliphatic rings. The molecule has 2 heterocycles. The molecule has 7 heteroatoms. The van der Waals surface area contributed by atoms with E-state index in [4.69, 9.17) is 5.26 Å². The summed E-state index contributed by atoms with van der Waals surface area (Å²) in [5.41, 5.74) is 0.820. The molecule has 0 spiro atoms. The molecule has 3 rings (SSSR count). The van der Waals surface area contributed by atoms with Crippen LogP contribution < -0.4 is 10.2 Å². The summed E-state index contributed by atoms with van der Waals surface area (Å²) in [6, 6.07) is 11.3. The number of benzene rings is 1. The Kier molecular flexibility index (Phi) is 5.52. The van der Waals surface area contributed by atoms with Crippen LogP contribution in [0.25, 0.3) is 0 Å². The second-order valence-corrected chi connectivity index (χ2v) is 6.72. The van der Waals surface area contributed by atoms with Gasteiger partial charge in [0.1, 0.15) is 6.54 Å². The highest BCUT2D eigenvalue weighted by atomic mass is 16.2. The largest absolute Gasteiger partial charge is 0.343 e. The van der Waals surface area contributed by atoms with Crippen molar-refractivity contribution < 1.29 is 14.4 Å². The molecular formula is C19H22N4O3. The fraction of sp³-hybridized carbons (Fsp3) is 0.474. The fourth-order valence-corrected chi connectivity index (χ4v) is 3.62. The number of anilines is 1. The quantitative estimate of drug-likeness (QED) is 0.814. The summed E-state index contributed by atoms with van der Waals surface area (Å²) in [5.74, 6) is -0.636. The van der Waals surface area contributed by atoms with Crippen LogP contribution in [-0.2, 0) is 14.4 Å². The summed E-state index contributed by atoms with van der Waals surface area (Å²) in [5, 5.41) is 11.1. The van der Waals surface area contributed by atoms with Crippen LogP contribution in [0.2, 0.25) is 0 Å². The molecule has 1 unspecified atom stereocenters. The molecule has 1 aromatic rings. The minimum absolute atomic E-state index is 0.00679. The first-order chi connectivity index (χ1) is 12.6. The van der Waals surface area contributed by atoms with Gasteiger partial charge in [0.15, 0.2) is 0 Å². The van der Waals surface area contributed by atoms with Crippen molar-refractivity contribution >= 4 is 23.4 Å². The van der Waals surface area contributed by atoms with E-state index in [0.29, 0.717) is 32.5 Å². The maximum atomic E-state index is 12.8. The summed E-state index contributed by atoms with van der Waals surface area (Å²) in [6.07, 6.45) is 1.41. The molecule has 0 aliphatic carbocycles. The first-order valence-corrected chi connectivity index (χ1v) is 8.89. The summed E-state index contributed by atoms with van der Waals surface area (Å²) in [6.45, 7) is 1.45. The van der Waals surface area contributed by atoms with E-state index in [0.717, 1.165) is 5.69 Å². The zero-order valence-corrected chi connectivity index (χ0v) is 14.6. The molecule has 2 aliphatic heterocycles. The lowest BCUT2D eigenvalue weighted by molar-refractivity contribution is -0.139. The van der Waals surface area contributed by atoms with E-state index in [1.165, 1.54) is 0 Å². The van der Waals surface area contributed by atoms with Crippen LogP contribution in [0, 0.1) is 23.2 Å². The van der Waals surface area contributed by atoms with Crippen molar-refractivity contribution in [1.29, 1.82) is 5.26 Å². The summed E-state index contributed by atoms with van der Waals surface area (Å²) < 4.78 is 0. The number of carbonyl (C=O) groups is 3. The first-order valence-electron chi connectivity index (χ1n) is 8.89. The second-order valence-electron chi connectivity index (χ2n) is 6.72. The average Bonchev–Trinajstić information content (AvgIpc) is 3.08. The molecule has 136 valence electrons. The molecule has 0 radical (unpaired) electrons. The van der Waals surface area contributed by atoms with Crippen molar-refractivity contribution in [1.82, 2.24) is 10.2 Å². The van der Waals surface area contributed by atoms with Crippen LogP contribution in [0.1, 0.15) is 19.3 Å². The summed E-state index contributed by atoms with van der Waals surface area (Å²) in [7, 11) is 0. The lowest BCUT2D eigenvalue weighted by atomic mass is 9.94. The van der Waals surface area contributed by atoms with Crippen molar-refractivity contribution in [2.45, 2.75) is 19.3 Å². The number of nitrogens with zero attached hydrogens (tertiary/aromatic N) is 3. The Balaban J connectivity index is 1.54. The van der Waals surface area contributed by atoms with Gasteiger partial charge in [0, 0.05) is 37.7 Å². The minimum Gasteiger partial charge on any atom is -0.343 e. The Bertz CT molecular complexity index is 720. The highest BCUT2D eigenvalue weighted by molar-refractivity contribution is 6.00. The number of rotatable bonds is 4. The number of carbonyl (C=O) groups excluding carboxylic acids is 3. The van der Waals surface area contributed by atoms with Crippen LogP contribution in [-0.4, -0.2) is 48.8 Å². The number of nitrogens with one attached hydrogen (secondary N) is 1. The zero-order chi connectivity index (χ0) is 18.5. The van der Waals surface area contributed by atoms with Gasteiger partial charge in [-0.3, -0.25) is 14.4 Å². The van der Waals surface area contributed by atoms with Gasteiger partial charge in [-0.25, -0.2) is 0 Å². The summed E-state index contributed by atoms with van der Waals surface area (Å²) >= 11 is 0. The predicted octanol–water partition coefficient (Wildman–Crippen LogP) is 0.918. The van der Waals surface area contributed by atoms with Crippen molar-refractivity contribution in [3.05, 3.63) is 30.3 Å². The highest BCUT2D eigenvalue weighted by Crippen LogP contribution is 2.27. The molecule has 0 bridgehead atoms. The molecule has 3 amide bonds. The molecule has 1 atom stereocenters. The number of amides is 3. The van der Waals surface area contributed by atoms with E-state index in [9.17, 15) is 14.4 Å². The molecule has 7 nitrogen and oxygen atoms in total. The lowest BCUT2D eigenvalue weighted by Gasteiger charge is -2.32. The van der Waals surface area contributed by atoms with Gasteiger partial charge in [0.25, 0.3) is 0 Å². The van der Waals surface area contributed by atoms with E-state index >= 15 is 0 Å². The number of piperidine rings is 1. The third-order valence-corrected chi connectivity index (χ3v) is 5.06. The van der Waals surface area contributed by atoms with Crippen molar-refractivity contribution in [2.75, 3.05) is 31.1 Å². The summed E-state index contributed by atoms with van der Waals surface area (Å²) in [4.78, 5) is 40.4. The molecule has 2 fully saturated rings. The standard InChI is InChI=1S/C19H22N4O3/c20-8-9-21-18(25)14-6-10-22(11-7-14)19(26)15-12-17(24)23(13-15)16-4-2-1-3-5-16/h1-5,14-15H,6-7,9-13H2,(H,21,25). The molecule has 0 aromatic heterocycles. The van der Waals surface area contributed by atoms with Crippen LogP contribution >= 0.6 is 0 Å². The molecule has 26 heavy (non-hydrogen) atoms. The van der Waals surface area contributed by atoms with E-state index in [1.54, 1.807) is 9.80 Å². The number of likely N-dealkylation sites (tertiary alicyclic amines) is 1. The van der Waals surface area contributed by atoms with E-state index in [-0.39, 0.29) is 42.5 Å². The number of hydrogen-bond acceptors (Lipinski definition) is 4. The number of para-hydroxylation sites is 1.